The predicted octanol–water partition coefficient (Wildman–Crippen LogP) is 4.27. The van der Waals surface area contributed by atoms with Gasteiger partial charge in [0.25, 0.3) is 0 Å². The van der Waals surface area contributed by atoms with Crippen LogP contribution in [0.15, 0.2) is 42.5 Å². The molecule has 2 aromatic carbocycles. The van der Waals surface area contributed by atoms with Gasteiger partial charge in [-0.3, -0.25) is 9.59 Å². The molecule has 1 aliphatic heterocycles. The third-order valence-electron chi connectivity index (χ3n) is 4.77. The van der Waals surface area contributed by atoms with E-state index in [0.717, 1.165) is 5.56 Å². The Balaban J connectivity index is 2.01. The molecule has 0 N–H and O–H groups in total. The highest BCUT2D eigenvalue weighted by atomic mass is 19.1. The standard InChI is InChI=1S/C23H26FNO4/c1-23(2,3)29-22(27)19-11-9-16-8-10-18(28-4)13-20(16)25(21(19)26)14-15-6-5-7-17(24)12-15/h5-8,10,12-13,19H,9,11,14H2,1-4H3. The number of fused-ring (bicyclic) bond motifs is 1. The second-order valence-corrected chi connectivity index (χ2v) is 8.17. The van der Waals surface area contributed by atoms with Crippen molar-refractivity contribution in [1.29, 1.82) is 0 Å². The highest BCUT2D eigenvalue weighted by Crippen LogP contribution is 2.34. The molecule has 1 aliphatic rings. The van der Waals surface area contributed by atoms with Crippen LogP contribution in [0.3, 0.4) is 0 Å². The van der Waals surface area contributed by atoms with Crippen LogP contribution in [0, 0.1) is 11.7 Å². The fourth-order valence-electron chi connectivity index (χ4n) is 3.44. The summed E-state index contributed by atoms with van der Waals surface area (Å²) in [5, 5.41) is 0. The quantitative estimate of drug-likeness (QED) is 0.569. The second kappa shape index (κ2) is 8.23. The summed E-state index contributed by atoms with van der Waals surface area (Å²) in [6.45, 7) is 5.47. The van der Waals surface area contributed by atoms with Gasteiger partial charge in [0.2, 0.25) is 5.91 Å². The number of methoxy groups -OCH3 is 1. The molecule has 0 bridgehead atoms. The van der Waals surface area contributed by atoms with Gasteiger partial charge in [-0.15, -0.1) is 0 Å². The number of halogens is 1. The molecule has 0 saturated carbocycles. The summed E-state index contributed by atoms with van der Waals surface area (Å²) in [4.78, 5) is 27.7. The summed E-state index contributed by atoms with van der Waals surface area (Å²) in [6.07, 6.45) is 0.904. The van der Waals surface area contributed by atoms with Crippen molar-refractivity contribution in [2.24, 2.45) is 5.92 Å². The van der Waals surface area contributed by atoms with Crippen LogP contribution in [0.5, 0.6) is 5.75 Å². The fourth-order valence-corrected chi connectivity index (χ4v) is 3.44. The number of rotatable bonds is 4. The van der Waals surface area contributed by atoms with Crippen molar-refractivity contribution in [3.63, 3.8) is 0 Å². The lowest BCUT2D eigenvalue weighted by atomic mass is 10.00. The Morgan fingerprint density at radius 3 is 2.62 bits per heavy atom. The third kappa shape index (κ3) is 4.94. The molecule has 154 valence electrons. The molecule has 0 aromatic heterocycles. The lowest BCUT2D eigenvalue weighted by molar-refractivity contribution is -0.162. The lowest BCUT2D eigenvalue weighted by Gasteiger charge is -2.27. The zero-order valence-electron chi connectivity index (χ0n) is 17.2. The van der Waals surface area contributed by atoms with Crippen LogP contribution in [-0.4, -0.2) is 24.6 Å². The first-order valence-electron chi connectivity index (χ1n) is 9.63. The minimum Gasteiger partial charge on any atom is -0.497 e. The molecule has 1 atom stereocenters. The molecule has 0 spiro atoms. The summed E-state index contributed by atoms with van der Waals surface area (Å²) < 4.78 is 24.5. The van der Waals surface area contributed by atoms with Gasteiger partial charge >= 0.3 is 5.97 Å². The molecule has 0 saturated heterocycles. The molecule has 1 unspecified atom stereocenters. The van der Waals surface area contributed by atoms with Gasteiger partial charge in [0.15, 0.2) is 0 Å². The molecular weight excluding hydrogens is 373 g/mol. The minimum atomic E-state index is -0.916. The van der Waals surface area contributed by atoms with E-state index < -0.39 is 17.5 Å². The predicted molar refractivity (Wildman–Crippen MR) is 108 cm³/mol. The van der Waals surface area contributed by atoms with Crippen LogP contribution in [0.25, 0.3) is 0 Å². The molecule has 29 heavy (non-hydrogen) atoms. The Kier molecular flexibility index (Phi) is 5.91. The normalized spacial score (nSPS) is 16.8. The van der Waals surface area contributed by atoms with Gasteiger partial charge in [0.05, 0.1) is 19.3 Å². The van der Waals surface area contributed by atoms with E-state index in [4.69, 9.17) is 9.47 Å². The van der Waals surface area contributed by atoms with Crippen LogP contribution in [0.1, 0.15) is 38.3 Å². The van der Waals surface area contributed by atoms with Gasteiger partial charge in [-0.1, -0.05) is 18.2 Å². The summed E-state index contributed by atoms with van der Waals surface area (Å²) in [6, 6.07) is 11.6. The number of hydrogen-bond acceptors (Lipinski definition) is 4. The average Bonchev–Trinajstić information content (AvgIpc) is 2.77. The molecule has 5 nitrogen and oxygen atoms in total. The SMILES string of the molecule is COc1ccc2c(c1)N(Cc1cccc(F)c1)C(=O)C(C(=O)OC(C)(C)C)CC2. The van der Waals surface area contributed by atoms with Crippen LogP contribution in [-0.2, 0) is 27.3 Å². The maximum atomic E-state index is 13.7. The van der Waals surface area contributed by atoms with E-state index in [1.165, 1.54) is 17.0 Å². The maximum absolute atomic E-state index is 13.7. The number of esters is 1. The fraction of sp³-hybridized carbons (Fsp3) is 0.391. The topological polar surface area (TPSA) is 55.8 Å². The molecular formula is C23H26FNO4. The van der Waals surface area contributed by atoms with Crippen LogP contribution < -0.4 is 9.64 Å². The van der Waals surface area contributed by atoms with Gasteiger partial charge in [-0.2, -0.15) is 0 Å². The minimum absolute atomic E-state index is 0.149. The third-order valence-corrected chi connectivity index (χ3v) is 4.77. The Labute approximate surface area is 170 Å². The Bertz CT molecular complexity index is 919. The number of nitrogens with zero attached hydrogens (tertiary/aromatic N) is 1. The van der Waals surface area contributed by atoms with Crippen molar-refractivity contribution in [3.05, 3.63) is 59.4 Å². The van der Waals surface area contributed by atoms with E-state index >= 15 is 0 Å². The molecule has 6 heteroatoms. The van der Waals surface area contributed by atoms with Gasteiger partial charge in [-0.25, -0.2) is 4.39 Å². The van der Waals surface area contributed by atoms with Crippen molar-refractivity contribution in [3.8, 4) is 5.75 Å². The Hall–Kier alpha value is -2.89. The molecule has 0 radical (unpaired) electrons. The van der Waals surface area contributed by atoms with E-state index in [2.05, 4.69) is 0 Å². The highest BCUT2D eigenvalue weighted by Gasteiger charge is 2.37. The summed E-state index contributed by atoms with van der Waals surface area (Å²) in [5.41, 5.74) is 1.55. The number of hydrogen-bond donors (Lipinski definition) is 0. The van der Waals surface area contributed by atoms with Gasteiger partial charge < -0.3 is 14.4 Å². The van der Waals surface area contributed by atoms with Crippen LogP contribution in [0.4, 0.5) is 10.1 Å². The molecule has 0 fully saturated rings. The summed E-state index contributed by atoms with van der Waals surface area (Å²) >= 11 is 0. The zero-order valence-corrected chi connectivity index (χ0v) is 17.2. The van der Waals surface area contributed by atoms with Gasteiger partial charge in [-0.05, 0) is 62.9 Å². The number of benzene rings is 2. The van der Waals surface area contributed by atoms with Crippen molar-refractivity contribution in [2.45, 2.75) is 45.8 Å². The van der Waals surface area contributed by atoms with E-state index in [1.807, 2.05) is 12.1 Å². The van der Waals surface area contributed by atoms with Crippen molar-refractivity contribution < 1.29 is 23.5 Å². The second-order valence-electron chi connectivity index (χ2n) is 8.17. The first kappa shape index (κ1) is 20.8. The highest BCUT2D eigenvalue weighted by molar-refractivity contribution is 6.07. The van der Waals surface area contributed by atoms with Crippen molar-refractivity contribution >= 4 is 17.6 Å². The van der Waals surface area contributed by atoms with E-state index in [0.29, 0.717) is 29.8 Å². The summed E-state index contributed by atoms with van der Waals surface area (Å²) in [5.74, 6) is -1.57. The number of aryl methyl sites for hydroxylation is 1. The molecule has 1 amide bonds. The number of ether oxygens (including phenoxy) is 2. The average molecular weight is 399 g/mol. The number of amides is 1. The first-order valence-corrected chi connectivity index (χ1v) is 9.63. The van der Waals surface area contributed by atoms with E-state index in [9.17, 15) is 14.0 Å². The number of carbonyl (C=O) groups is 2. The van der Waals surface area contributed by atoms with Crippen molar-refractivity contribution in [1.82, 2.24) is 0 Å². The lowest BCUT2D eigenvalue weighted by Crippen LogP contribution is -2.41. The number of carbonyl (C=O) groups excluding carboxylic acids is 2. The van der Waals surface area contributed by atoms with Crippen LogP contribution in [0.2, 0.25) is 0 Å². The Morgan fingerprint density at radius 1 is 1.21 bits per heavy atom. The monoisotopic (exact) mass is 399 g/mol. The maximum Gasteiger partial charge on any atom is 0.319 e. The van der Waals surface area contributed by atoms with E-state index in [1.54, 1.807) is 46.1 Å². The largest absolute Gasteiger partial charge is 0.497 e. The van der Waals surface area contributed by atoms with Crippen molar-refractivity contribution in [2.75, 3.05) is 12.0 Å². The summed E-state index contributed by atoms with van der Waals surface area (Å²) in [7, 11) is 1.56. The molecule has 0 aliphatic carbocycles. The van der Waals surface area contributed by atoms with E-state index in [-0.39, 0.29) is 18.3 Å². The number of anilines is 1. The first-order chi connectivity index (χ1) is 13.7. The smallest absolute Gasteiger partial charge is 0.319 e. The van der Waals surface area contributed by atoms with Gasteiger partial charge in [0, 0.05) is 6.07 Å². The molecule has 1 heterocycles. The zero-order chi connectivity index (χ0) is 21.2. The van der Waals surface area contributed by atoms with Crippen LogP contribution >= 0.6 is 0 Å². The van der Waals surface area contributed by atoms with Gasteiger partial charge in [0.1, 0.15) is 23.1 Å². The molecule has 3 rings (SSSR count). The molecule has 2 aromatic rings. The Morgan fingerprint density at radius 2 is 1.97 bits per heavy atom.